The molecule has 1 atom stereocenters. The van der Waals surface area contributed by atoms with Crippen LogP contribution in [0, 0.1) is 13.8 Å². The molecule has 1 unspecified atom stereocenters. The number of carbonyl (C=O) groups excluding carboxylic acids is 1. The Kier molecular flexibility index (Phi) is 6.65. The second-order valence-electron chi connectivity index (χ2n) is 6.88. The molecule has 2 aromatic carbocycles. The molecule has 0 aromatic heterocycles. The summed E-state index contributed by atoms with van der Waals surface area (Å²) in [4.78, 5) is 12.6. The van der Waals surface area contributed by atoms with Crippen LogP contribution >= 0.6 is 0 Å². The van der Waals surface area contributed by atoms with E-state index in [4.69, 9.17) is 0 Å². The van der Waals surface area contributed by atoms with Gasteiger partial charge in [-0.15, -0.1) is 0 Å². The lowest BCUT2D eigenvalue weighted by molar-refractivity contribution is -0.120. The van der Waals surface area contributed by atoms with Crippen molar-refractivity contribution in [2.75, 3.05) is 17.1 Å². The Hall–Kier alpha value is -2.34. The highest BCUT2D eigenvalue weighted by atomic mass is 32.2. The third-order valence-electron chi connectivity index (χ3n) is 4.74. The van der Waals surface area contributed by atoms with Crippen molar-refractivity contribution in [2.45, 2.75) is 40.2 Å². The molecule has 146 valence electrons. The molecule has 0 saturated carbocycles. The maximum Gasteiger partial charge on any atom is 0.241 e. The van der Waals surface area contributed by atoms with Crippen LogP contribution in [0.4, 0.5) is 5.69 Å². The van der Waals surface area contributed by atoms with Gasteiger partial charge in [0.05, 0.1) is 18.0 Å². The summed E-state index contributed by atoms with van der Waals surface area (Å²) in [5, 5.41) is 2.91. The van der Waals surface area contributed by atoms with E-state index in [1.807, 2.05) is 58.0 Å². The lowest BCUT2D eigenvalue weighted by Gasteiger charge is -2.25. The molecule has 6 heteroatoms. The van der Waals surface area contributed by atoms with Gasteiger partial charge < -0.3 is 5.32 Å². The molecule has 0 spiro atoms. The van der Waals surface area contributed by atoms with Gasteiger partial charge in [-0.1, -0.05) is 43.3 Å². The van der Waals surface area contributed by atoms with Crippen molar-refractivity contribution < 1.29 is 13.2 Å². The fourth-order valence-corrected chi connectivity index (χ4v) is 3.86. The summed E-state index contributed by atoms with van der Waals surface area (Å²) < 4.78 is 25.8. The first-order chi connectivity index (χ1) is 12.6. The van der Waals surface area contributed by atoms with Gasteiger partial charge in [0.25, 0.3) is 0 Å². The number of benzene rings is 2. The molecule has 0 saturated heterocycles. The van der Waals surface area contributed by atoms with E-state index in [2.05, 4.69) is 5.32 Å². The van der Waals surface area contributed by atoms with Crippen molar-refractivity contribution >= 4 is 21.6 Å². The molecule has 2 aromatic rings. The summed E-state index contributed by atoms with van der Waals surface area (Å²) in [6.45, 7) is 7.68. The van der Waals surface area contributed by atoms with Crippen molar-refractivity contribution in [2.24, 2.45) is 0 Å². The Morgan fingerprint density at radius 3 is 2.37 bits per heavy atom. The van der Waals surface area contributed by atoms with E-state index in [-0.39, 0.29) is 18.5 Å². The Balaban J connectivity index is 2.20. The highest BCUT2D eigenvalue weighted by Crippen LogP contribution is 2.23. The molecular formula is C21H28N2O3S. The van der Waals surface area contributed by atoms with Gasteiger partial charge in [-0.25, -0.2) is 8.42 Å². The molecule has 0 aliphatic carbocycles. The van der Waals surface area contributed by atoms with Gasteiger partial charge in [0.15, 0.2) is 0 Å². The zero-order valence-electron chi connectivity index (χ0n) is 16.6. The number of amides is 1. The van der Waals surface area contributed by atoms with Crippen molar-refractivity contribution in [3.05, 3.63) is 64.7 Å². The lowest BCUT2D eigenvalue weighted by Crippen LogP contribution is -2.41. The number of para-hydroxylation sites is 1. The molecule has 2 rings (SSSR count). The average molecular weight is 389 g/mol. The SMILES string of the molecule is CCc1ccccc1N(CC(=O)NC(C)c1ccc(C)c(C)c1)S(C)(=O)=O. The van der Waals surface area contributed by atoms with E-state index < -0.39 is 10.0 Å². The second kappa shape index (κ2) is 8.57. The molecule has 0 bridgehead atoms. The minimum atomic E-state index is -3.59. The monoisotopic (exact) mass is 388 g/mol. The second-order valence-corrected chi connectivity index (χ2v) is 8.79. The first kappa shape index (κ1) is 21.0. The number of nitrogens with zero attached hydrogens (tertiary/aromatic N) is 1. The Labute approximate surface area is 162 Å². The average Bonchev–Trinajstić information content (AvgIpc) is 2.61. The summed E-state index contributed by atoms with van der Waals surface area (Å²) in [5.74, 6) is -0.336. The van der Waals surface area contributed by atoms with Crippen LogP contribution in [0.1, 0.15) is 42.1 Å². The van der Waals surface area contributed by atoms with Crippen molar-refractivity contribution in [1.82, 2.24) is 5.32 Å². The van der Waals surface area contributed by atoms with Crippen molar-refractivity contribution in [3.63, 3.8) is 0 Å². The van der Waals surface area contributed by atoms with Crippen LogP contribution < -0.4 is 9.62 Å². The topological polar surface area (TPSA) is 66.5 Å². The molecule has 27 heavy (non-hydrogen) atoms. The minimum Gasteiger partial charge on any atom is -0.348 e. The molecule has 0 fully saturated rings. The quantitative estimate of drug-likeness (QED) is 0.789. The number of nitrogens with one attached hydrogen (secondary N) is 1. The van der Waals surface area contributed by atoms with Crippen LogP contribution in [0.2, 0.25) is 0 Å². The number of hydrogen-bond donors (Lipinski definition) is 1. The standard InChI is InChI=1S/C21H28N2O3S/c1-6-18-9-7-8-10-20(18)23(27(5,25)26)14-21(24)22-17(4)19-12-11-15(2)16(3)13-19/h7-13,17H,6,14H2,1-5H3,(H,22,24). The van der Waals surface area contributed by atoms with Gasteiger partial charge in [0.1, 0.15) is 6.54 Å². The lowest BCUT2D eigenvalue weighted by atomic mass is 10.0. The van der Waals surface area contributed by atoms with E-state index in [0.717, 1.165) is 22.9 Å². The first-order valence-corrected chi connectivity index (χ1v) is 10.9. The van der Waals surface area contributed by atoms with E-state index in [1.165, 1.54) is 9.87 Å². The van der Waals surface area contributed by atoms with Crippen LogP contribution in [-0.2, 0) is 21.2 Å². The summed E-state index contributed by atoms with van der Waals surface area (Å²) in [6.07, 6.45) is 1.81. The zero-order chi connectivity index (χ0) is 20.2. The third-order valence-corrected chi connectivity index (χ3v) is 5.86. The van der Waals surface area contributed by atoms with Gasteiger partial charge in [-0.2, -0.15) is 0 Å². The Bertz CT molecular complexity index is 923. The van der Waals surface area contributed by atoms with Gasteiger partial charge in [0.2, 0.25) is 15.9 Å². The number of rotatable bonds is 7. The maximum atomic E-state index is 12.6. The Morgan fingerprint density at radius 2 is 1.78 bits per heavy atom. The largest absolute Gasteiger partial charge is 0.348 e. The summed E-state index contributed by atoms with van der Waals surface area (Å²) in [5.41, 5.74) is 4.78. The van der Waals surface area contributed by atoms with Gasteiger partial charge >= 0.3 is 0 Å². The normalized spacial score (nSPS) is 12.5. The van der Waals surface area contributed by atoms with E-state index in [9.17, 15) is 13.2 Å². The molecule has 0 aliphatic heterocycles. The summed E-state index contributed by atoms with van der Waals surface area (Å²) in [6, 6.07) is 13.1. The van der Waals surface area contributed by atoms with Crippen LogP contribution in [-0.4, -0.2) is 27.1 Å². The summed E-state index contributed by atoms with van der Waals surface area (Å²) in [7, 11) is -3.59. The van der Waals surface area contributed by atoms with Gasteiger partial charge in [-0.3, -0.25) is 9.10 Å². The molecule has 1 N–H and O–H groups in total. The van der Waals surface area contributed by atoms with E-state index in [0.29, 0.717) is 12.1 Å². The predicted molar refractivity (Wildman–Crippen MR) is 110 cm³/mol. The van der Waals surface area contributed by atoms with Gasteiger partial charge in [0, 0.05) is 0 Å². The van der Waals surface area contributed by atoms with Crippen LogP contribution in [0.5, 0.6) is 0 Å². The van der Waals surface area contributed by atoms with Crippen LogP contribution in [0.3, 0.4) is 0 Å². The number of carbonyl (C=O) groups is 1. The van der Waals surface area contributed by atoms with Gasteiger partial charge in [-0.05, 0) is 55.5 Å². The number of sulfonamides is 1. The van der Waals surface area contributed by atoms with Crippen LogP contribution in [0.25, 0.3) is 0 Å². The third kappa shape index (κ3) is 5.32. The Morgan fingerprint density at radius 1 is 1.11 bits per heavy atom. The predicted octanol–water partition coefficient (Wildman–Crippen LogP) is 3.51. The van der Waals surface area contributed by atoms with Crippen LogP contribution in [0.15, 0.2) is 42.5 Å². The smallest absolute Gasteiger partial charge is 0.241 e. The van der Waals surface area contributed by atoms with Crippen molar-refractivity contribution in [1.29, 1.82) is 0 Å². The molecular weight excluding hydrogens is 360 g/mol. The molecule has 0 aliphatic rings. The molecule has 0 heterocycles. The number of aryl methyl sites for hydroxylation is 3. The first-order valence-electron chi connectivity index (χ1n) is 9.05. The highest BCUT2D eigenvalue weighted by Gasteiger charge is 2.23. The molecule has 5 nitrogen and oxygen atoms in total. The van der Waals surface area contributed by atoms with Crippen molar-refractivity contribution in [3.8, 4) is 0 Å². The van der Waals surface area contributed by atoms with E-state index >= 15 is 0 Å². The minimum absolute atomic E-state index is 0.209. The molecule has 1 amide bonds. The fraction of sp³-hybridized carbons (Fsp3) is 0.381. The fourth-order valence-electron chi connectivity index (χ4n) is 2.97. The maximum absolute atomic E-state index is 12.6. The number of anilines is 1. The number of hydrogen-bond acceptors (Lipinski definition) is 3. The highest BCUT2D eigenvalue weighted by molar-refractivity contribution is 7.92. The zero-order valence-corrected chi connectivity index (χ0v) is 17.4. The molecule has 0 radical (unpaired) electrons. The van der Waals surface area contributed by atoms with E-state index in [1.54, 1.807) is 12.1 Å². The summed E-state index contributed by atoms with van der Waals surface area (Å²) >= 11 is 0.